The van der Waals surface area contributed by atoms with Crippen molar-refractivity contribution < 1.29 is 4.79 Å². The highest BCUT2D eigenvalue weighted by atomic mass is 16.1. The molecule has 0 spiro atoms. The van der Waals surface area contributed by atoms with E-state index < -0.39 is 0 Å². The molecule has 1 N–H and O–H groups in total. The van der Waals surface area contributed by atoms with Gasteiger partial charge >= 0.3 is 0 Å². The molecule has 0 aliphatic rings. The zero-order valence-electron chi connectivity index (χ0n) is 11.0. The van der Waals surface area contributed by atoms with E-state index in [-0.39, 0.29) is 5.91 Å². The standard InChI is InChI=1S/C14H22N2O/c1-14(2,3)9-6-8-13(17)16-11-12-7-4-5-10-15-12/h4-5,7,10H,6,8-9,11H2,1-3H3,(H,16,17). The molecular weight excluding hydrogens is 212 g/mol. The summed E-state index contributed by atoms with van der Waals surface area (Å²) in [4.78, 5) is 15.7. The Balaban J connectivity index is 2.18. The minimum Gasteiger partial charge on any atom is -0.350 e. The summed E-state index contributed by atoms with van der Waals surface area (Å²) in [6.07, 6.45) is 4.35. The van der Waals surface area contributed by atoms with Crippen LogP contribution in [0.25, 0.3) is 0 Å². The predicted octanol–water partition coefficient (Wildman–Crippen LogP) is 2.91. The molecule has 0 radical (unpaired) electrons. The van der Waals surface area contributed by atoms with Crippen molar-refractivity contribution in [1.82, 2.24) is 10.3 Å². The second-order valence-electron chi connectivity index (χ2n) is 5.51. The lowest BCUT2D eigenvalue weighted by Crippen LogP contribution is -2.23. The van der Waals surface area contributed by atoms with Gasteiger partial charge in [0.1, 0.15) is 0 Å². The third-order valence-corrected chi connectivity index (χ3v) is 2.52. The van der Waals surface area contributed by atoms with Gasteiger partial charge in [-0.05, 0) is 30.4 Å². The Morgan fingerprint density at radius 1 is 1.35 bits per heavy atom. The number of amides is 1. The molecular formula is C14H22N2O. The molecule has 94 valence electrons. The first-order chi connectivity index (χ1) is 7.97. The summed E-state index contributed by atoms with van der Waals surface area (Å²) in [7, 11) is 0. The average molecular weight is 234 g/mol. The van der Waals surface area contributed by atoms with Crippen LogP contribution >= 0.6 is 0 Å². The fraction of sp³-hybridized carbons (Fsp3) is 0.571. The monoisotopic (exact) mass is 234 g/mol. The fourth-order valence-corrected chi connectivity index (χ4v) is 1.56. The molecule has 3 nitrogen and oxygen atoms in total. The summed E-state index contributed by atoms with van der Waals surface area (Å²) in [6.45, 7) is 7.10. The van der Waals surface area contributed by atoms with Gasteiger partial charge in [-0.25, -0.2) is 0 Å². The van der Waals surface area contributed by atoms with Crippen molar-refractivity contribution in [2.75, 3.05) is 0 Å². The Morgan fingerprint density at radius 2 is 2.12 bits per heavy atom. The van der Waals surface area contributed by atoms with Crippen molar-refractivity contribution in [3.05, 3.63) is 30.1 Å². The lowest BCUT2D eigenvalue weighted by molar-refractivity contribution is -0.121. The van der Waals surface area contributed by atoms with Crippen LogP contribution < -0.4 is 5.32 Å². The van der Waals surface area contributed by atoms with Gasteiger partial charge in [-0.15, -0.1) is 0 Å². The van der Waals surface area contributed by atoms with E-state index in [1.54, 1.807) is 6.20 Å². The number of rotatable bonds is 5. The molecule has 1 heterocycles. The first-order valence-electron chi connectivity index (χ1n) is 6.14. The van der Waals surface area contributed by atoms with E-state index >= 15 is 0 Å². The Morgan fingerprint density at radius 3 is 2.71 bits per heavy atom. The Labute approximate surface area is 104 Å². The third-order valence-electron chi connectivity index (χ3n) is 2.52. The molecule has 1 rings (SSSR count). The molecule has 0 fully saturated rings. The van der Waals surface area contributed by atoms with Crippen molar-refractivity contribution in [3.8, 4) is 0 Å². The Hall–Kier alpha value is -1.38. The molecule has 0 atom stereocenters. The number of aromatic nitrogens is 1. The van der Waals surface area contributed by atoms with E-state index in [0.717, 1.165) is 18.5 Å². The van der Waals surface area contributed by atoms with E-state index in [1.807, 2.05) is 18.2 Å². The van der Waals surface area contributed by atoms with Crippen LogP contribution in [0.4, 0.5) is 0 Å². The lowest BCUT2D eigenvalue weighted by Gasteiger charge is -2.17. The van der Waals surface area contributed by atoms with Gasteiger partial charge in [0.15, 0.2) is 0 Å². The third kappa shape index (κ3) is 6.72. The average Bonchev–Trinajstić information content (AvgIpc) is 2.26. The molecule has 0 aromatic carbocycles. The van der Waals surface area contributed by atoms with Crippen molar-refractivity contribution in [1.29, 1.82) is 0 Å². The van der Waals surface area contributed by atoms with Gasteiger partial charge in [0.05, 0.1) is 12.2 Å². The van der Waals surface area contributed by atoms with Crippen LogP contribution in [0.2, 0.25) is 0 Å². The molecule has 0 saturated heterocycles. The van der Waals surface area contributed by atoms with E-state index in [1.165, 1.54) is 0 Å². The maximum Gasteiger partial charge on any atom is 0.220 e. The molecule has 3 heteroatoms. The quantitative estimate of drug-likeness (QED) is 0.851. The van der Waals surface area contributed by atoms with E-state index in [2.05, 4.69) is 31.1 Å². The van der Waals surface area contributed by atoms with E-state index in [0.29, 0.717) is 18.4 Å². The smallest absolute Gasteiger partial charge is 0.220 e. The normalized spacial score (nSPS) is 11.2. The summed E-state index contributed by atoms with van der Waals surface area (Å²) in [6, 6.07) is 5.71. The van der Waals surface area contributed by atoms with Gasteiger partial charge in [0.25, 0.3) is 0 Å². The van der Waals surface area contributed by atoms with Gasteiger partial charge in [0.2, 0.25) is 5.91 Å². The molecule has 1 aromatic heterocycles. The van der Waals surface area contributed by atoms with Crippen LogP contribution in [0.15, 0.2) is 24.4 Å². The summed E-state index contributed by atoms with van der Waals surface area (Å²) < 4.78 is 0. The van der Waals surface area contributed by atoms with Crippen LogP contribution in [0.1, 0.15) is 45.7 Å². The van der Waals surface area contributed by atoms with Gasteiger partial charge in [-0.2, -0.15) is 0 Å². The topological polar surface area (TPSA) is 42.0 Å². The number of hydrogen-bond acceptors (Lipinski definition) is 2. The maximum atomic E-state index is 11.6. The maximum absolute atomic E-state index is 11.6. The van der Waals surface area contributed by atoms with Gasteiger partial charge in [-0.3, -0.25) is 9.78 Å². The van der Waals surface area contributed by atoms with Crippen molar-refractivity contribution >= 4 is 5.91 Å². The zero-order valence-corrected chi connectivity index (χ0v) is 11.0. The van der Waals surface area contributed by atoms with E-state index in [4.69, 9.17) is 0 Å². The highest BCUT2D eigenvalue weighted by molar-refractivity contribution is 5.75. The molecule has 1 aromatic rings. The first-order valence-corrected chi connectivity index (χ1v) is 6.14. The minimum absolute atomic E-state index is 0.111. The summed E-state index contributed by atoms with van der Waals surface area (Å²) in [5.41, 5.74) is 1.21. The Bertz CT molecular complexity index is 341. The van der Waals surface area contributed by atoms with Crippen molar-refractivity contribution in [2.24, 2.45) is 5.41 Å². The summed E-state index contributed by atoms with van der Waals surface area (Å²) in [5, 5.41) is 2.88. The number of nitrogens with one attached hydrogen (secondary N) is 1. The highest BCUT2D eigenvalue weighted by Crippen LogP contribution is 2.21. The van der Waals surface area contributed by atoms with Crippen LogP contribution in [-0.4, -0.2) is 10.9 Å². The van der Waals surface area contributed by atoms with Crippen LogP contribution in [0.3, 0.4) is 0 Å². The van der Waals surface area contributed by atoms with E-state index in [9.17, 15) is 4.79 Å². The van der Waals surface area contributed by atoms with Crippen LogP contribution in [-0.2, 0) is 11.3 Å². The number of hydrogen-bond donors (Lipinski definition) is 1. The molecule has 0 unspecified atom stereocenters. The van der Waals surface area contributed by atoms with Gasteiger partial charge in [-0.1, -0.05) is 26.8 Å². The zero-order chi connectivity index (χ0) is 12.7. The highest BCUT2D eigenvalue weighted by Gasteiger charge is 2.10. The number of carbonyl (C=O) groups is 1. The minimum atomic E-state index is 0.111. The predicted molar refractivity (Wildman–Crippen MR) is 69.4 cm³/mol. The van der Waals surface area contributed by atoms with Crippen molar-refractivity contribution in [3.63, 3.8) is 0 Å². The van der Waals surface area contributed by atoms with Gasteiger partial charge in [0, 0.05) is 12.6 Å². The summed E-state index contributed by atoms with van der Waals surface area (Å²) >= 11 is 0. The van der Waals surface area contributed by atoms with Crippen LogP contribution in [0.5, 0.6) is 0 Å². The first kappa shape index (κ1) is 13.7. The Kier molecular flexibility index (Phi) is 5.13. The molecule has 0 saturated carbocycles. The SMILES string of the molecule is CC(C)(C)CCCC(=O)NCc1ccccn1. The van der Waals surface area contributed by atoms with Crippen molar-refractivity contribution in [2.45, 2.75) is 46.6 Å². The largest absolute Gasteiger partial charge is 0.350 e. The molecule has 0 aliphatic carbocycles. The second kappa shape index (κ2) is 6.38. The molecule has 1 amide bonds. The number of carbonyl (C=O) groups excluding carboxylic acids is 1. The molecule has 17 heavy (non-hydrogen) atoms. The number of pyridine rings is 1. The molecule has 0 bridgehead atoms. The second-order valence-corrected chi connectivity index (χ2v) is 5.51. The fourth-order valence-electron chi connectivity index (χ4n) is 1.56. The number of nitrogens with zero attached hydrogens (tertiary/aromatic N) is 1. The lowest BCUT2D eigenvalue weighted by atomic mass is 9.90. The van der Waals surface area contributed by atoms with Gasteiger partial charge < -0.3 is 5.32 Å². The molecule has 0 aliphatic heterocycles. The van der Waals surface area contributed by atoms with Crippen LogP contribution in [0, 0.1) is 5.41 Å². The summed E-state index contributed by atoms with van der Waals surface area (Å²) in [5.74, 6) is 0.111.